The molecule has 0 aromatic carbocycles. The largest absolute Gasteiger partial charge is 0.476 e. The van der Waals surface area contributed by atoms with Gasteiger partial charge in [-0.25, -0.2) is 9.97 Å². The highest BCUT2D eigenvalue weighted by Crippen LogP contribution is 2.22. The van der Waals surface area contributed by atoms with E-state index >= 15 is 0 Å². The molecule has 1 aliphatic heterocycles. The second-order valence-corrected chi connectivity index (χ2v) is 5.72. The lowest BCUT2D eigenvalue weighted by Crippen LogP contribution is -2.36. The summed E-state index contributed by atoms with van der Waals surface area (Å²) in [6.45, 7) is 6.55. The van der Waals surface area contributed by atoms with Crippen LogP contribution in [0.3, 0.4) is 0 Å². The average molecular weight is 299 g/mol. The van der Waals surface area contributed by atoms with Crippen LogP contribution < -0.4 is 9.64 Å². The molecule has 1 saturated heterocycles. The van der Waals surface area contributed by atoms with Crippen LogP contribution in [-0.4, -0.2) is 39.9 Å². The summed E-state index contributed by atoms with van der Waals surface area (Å²) < 4.78 is 5.74. The van der Waals surface area contributed by atoms with Crippen LogP contribution in [0.25, 0.3) is 0 Å². The normalized spacial score (nSPS) is 15.8. The Morgan fingerprint density at radius 1 is 1.14 bits per heavy atom. The number of ether oxygens (including phenoxy) is 1. The van der Waals surface area contributed by atoms with Gasteiger partial charge in [0.2, 0.25) is 5.88 Å². The lowest BCUT2D eigenvalue weighted by molar-refractivity contribution is 0.214. The van der Waals surface area contributed by atoms with Crippen LogP contribution in [0.2, 0.25) is 0 Å². The van der Waals surface area contributed by atoms with Gasteiger partial charge in [-0.3, -0.25) is 0 Å². The fourth-order valence-corrected chi connectivity index (χ4v) is 2.62. The molecule has 0 aliphatic carbocycles. The van der Waals surface area contributed by atoms with Crippen LogP contribution >= 0.6 is 0 Å². The van der Waals surface area contributed by atoms with Crippen LogP contribution in [0.5, 0.6) is 5.88 Å². The zero-order valence-corrected chi connectivity index (χ0v) is 13.1. The number of aromatic nitrogens is 4. The number of anilines is 1. The molecular weight excluding hydrogens is 278 g/mol. The first-order chi connectivity index (χ1) is 10.7. The molecule has 0 saturated carbocycles. The van der Waals surface area contributed by atoms with Crippen LogP contribution in [0, 0.1) is 19.8 Å². The predicted molar refractivity (Wildman–Crippen MR) is 84.0 cm³/mol. The number of hydrogen-bond acceptors (Lipinski definition) is 6. The summed E-state index contributed by atoms with van der Waals surface area (Å²) in [5, 5.41) is 8.04. The minimum absolute atomic E-state index is 0.558. The molecule has 6 nitrogen and oxygen atoms in total. The van der Waals surface area contributed by atoms with Gasteiger partial charge in [0, 0.05) is 25.4 Å². The van der Waals surface area contributed by atoms with E-state index in [1.165, 1.54) is 0 Å². The Bertz CT molecular complexity index is 608. The molecule has 0 atom stereocenters. The van der Waals surface area contributed by atoms with E-state index in [4.69, 9.17) is 4.74 Å². The van der Waals surface area contributed by atoms with E-state index in [0.717, 1.165) is 43.3 Å². The summed E-state index contributed by atoms with van der Waals surface area (Å²) in [6.07, 6.45) is 4.02. The van der Waals surface area contributed by atoms with Crippen LogP contribution in [0.4, 0.5) is 5.82 Å². The summed E-state index contributed by atoms with van der Waals surface area (Å²) in [6, 6.07) is 5.77. The summed E-state index contributed by atoms with van der Waals surface area (Å²) in [4.78, 5) is 11.0. The zero-order chi connectivity index (χ0) is 15.4. The number of nitrogens with zero attached hydrogens (tertiary/aromatic N) is 5. The number of rotatable bonds is 4. The van der Waals surface area contributed by atoms with Crippen molar-refractivity contribution >= 4 is 5.82 Å². The van der Waals surface area contributed by atoms with Gasteiger partial charge in [0.1, 0.15) is 11.6 Å². The van der Waals surface area contributed by atoms with E-state index in [9.17, 15) is 0 Å². The molecule has 0 unspecified atom stereocenters. The van der Waals surface area contributed by atoms with Gasteiger partial charge in [-0.05, 0) is 44.7 Å². The van der Waals surface area contributed by atoms with Crippen molar-refractivity contribution in [1.82, 2.24) is 20.2 Å². The lowest BCUT2D eigenvalue weighted by Gasteiger charge is -2.32. The maximum Gasteiger partial charge on any atom is 0.233 e. The Morgan fingerprint density at radius 2 is 1.95 bits per heavy atom. The van der Waals surface area contributed by atoms with E-state index < -0.39 is 0 Å². The van der Waals surface area contributed by atoms with E-state index in [-0.39, 0.29) is 0 Å². The summed E-state index contributed by atoms with van der Waals surface area (Å²) in [5.74, 6) is 3.01. The molecule has 0 radical (unpaired) electrons. The second kappa shape index (κ2) is 6.68. The molecule has 116 valence electrons. The highest BCUT2D eigenvalue weighted by molar-refractivity contribution is 5.37. The quantitative estimate of drug-likeness (QED) is 0.862. The molecule has 1 aliphatic rings. The van der Waals surface area contributed by atoms with Crippen molar-refractivity contribution in [2.24, 2.45) is 5.92 Å². The smallest absolute Gasteiger partial charge is 0.233 e. The summed E-state index contributed by atoms with van der Waals surface area (Å²) >= 11 is 0. The van der Waals surface area contributed by atoms with Crippen LogP contribution in [0.15, 0.2) is 24.4 Å². The molecule has 0 bridgehead atoms. The van der Waals surface area contributed by atoms with Crippen LogP contribution in [-0.2, 0) is 0 Å². The maximum atomic E-state index is 5.74. The van der Waals surface area contributed by atoms with Gasteiger partial charge in [0.15, 0.2) is 0 Å². The number of piperidine rings is 1. The molecule has 2 aromatic rings. The Labute approximate surface area is 130 Å². The summed E-state index contributed by atoms with van der Waals surface area (Å²) in [7, 11) is 0. The van der Waals surface area contributed by atoms with Gasteiger partial charge in [0.25, 0.3) is 0 Å². The topological polar surface area (TPSA) is 64.0 Å². The van der Waals surface area contributed by atoms with Crippen molar-refractivity contribution in [3.8, 4) is 5.88 Å². The Balaban J connectivity index is 1.48. The lowest BCUT2D eigenvalue weighted by atomic mass is 9.98. The highest BCUT2D eigenvalue weighted by Gasteiger charge is 2.21. The first-order valence-corrected chi connectivity index (χ1v) is 7.68. The minimum atomic E-state index is 0.558. The molecule has 1 fully saturated rings. The Kier molecular flexibility index (Phi) is 4.46. The van der Waals surface area contributed by atoms with Gasteiger partial charge in [-0.15, -0.1) is 5.10 Å². The van der Waals surface area contributed by atoms with E-state index in [1.54, 1.807) is 0 Å². The Morgan fingerprint density at radius 3 is 2.64 bits per heavy atom. The van der Waals surface area contributed by atoms with E-state index in [1.807, 2.05) is 38.2 Å². The van der Waals surface area contributed by atoms with Gasteiger partial charge >= 0.3 is 0 Å². The number of hydrogen-bond donors (Lipinski definition) is 0. The van der Waals surface area contributed by atoms with Crippen molar-refractivity contribution in [2.45, 2.75) is 26.7 Å². The average Bonchev–Trinajstić information content (AvgIpc) is 2.55. The monoisotopic (exact) mass is 299 g/mol. The Hall–Kier alpha value is -2.24. The van der Waals surface area contributed by atoms with E-state index in [2.05, 4.69) is 25.1 Å². The fourth-order valence-electron chi connectivity index (χ4n) is 2.62. The highest BCUT2D eigenvalue weighted by atomic mass is 16.5. The zero-order valence-electron chi connectivity index (χ0n) is 13.1. The third-order valence-electron chi connectivity index (χ3n) is 3.94. The SMILES string of the molecule is Cc1ccc(OCC2CCN(c3ccnc(C)n3)CC2)nn1. The minimum Gasteiger partial charge on any atom is -0.476 e. The van der Waals surface area contributed by atoms with Crippen molar-refractivity contribution in [3.63, 3.8) is 0 Å². The van der Waals surface area contributed by atoms with Gasteiger partial charge in [0.05, 0.1) is 12.3 Å². The van der Waals surface area contributed by atoms with Crippen molar-refractivity contribution in [3.05, 3.63) is 35.9 Å². The number of aryl methyl sites for hydroxylation is 2. The standard InChI is InChI=1S/C16H21N5O/c1-12-3-4-16(20-19-12)22-11-14-6-9-21(10-7-14)15-5-8-17-13(2)18-15/h3-5,8,14H,6-7,9-11H2,1-2H3. The molecule has 0 amide bonds. The van der Waals surface area contributed by atoms with Gasteiger partial charge < -0.3 is 9.64 Å². The molecule has 22 heavy (non-hydrogen) atoms. The first-order valence-electron chi connectivity index (χ1n) is 7.68. The van der Waals surface area contributed by atoms with Crippen molar-refractivity contribution in [2.75, 3.05) is 24.6 Å². The van der Waals surface area contributed by atoms with E-state index in [0.29, 0.717) is 18.4 Å². The third kappa shape index (κ3) is 3.69. The maximum absolute atomic E-state index is 5.74. The van der Waals surface area contributed by atoms with Gasteiger partial charge in [-0.1, -0.05) is 0 Å². The molecular formula is C16H21N5O. The summed E-state index contributed by atoms with van der Waals surface area (Å²) in [5.41, 5.74) is 0.904. The fraction of sp³-hybridized carbons (Fsp3) is 0.500. The molecule has 3 heterocycles. The molecule has 0 N–H and O–H groups in total. The van der Waals surface area contributed by atoms with Crippen molar-refractivity contribution in [1.29, 1.82) is 0 Å². The third-order valence-corrected chi connectivity index (χ3v) is 3.94. The van der Waals surface area contributed by atoms with Crippen LogP contribution in [0.1, 0.15) is 24.4 Å². The molecule has 6 heteroatoms. The van der Waals surface area contributed by atoms with Gasteiger partial charge in [-0.2, -0.15) is 5.10 Å². The molecule has 0 spiro atoms. The second-order valence-electron chi connectivity index (χ2n) is 5.72. The molecule has 3 rings (SSSR count). The first kappa shape index (κ1) is 14.7. The van der Waals surface area contributed by atoms with Crippen molar-refractivity contribution < 1.29 is 4.74 Å². The predicted octanol–water partition coefficient (Wildman–Crippen LogP) is 2.18. The molecule has 2 aromatic heterocycles.